The van der Waals surface area contributed by atoms with Crippen molar-refractivity contribution in [1.82, 2.24) is 5.32 Å². The molecule has 17 heavy (non-hydrogen) atoms. The summed E-state index contributed by atoms with van der Waals surface area (Å²) in [6, 6.07) is 8.42. The Morgan fingerprint density at radius 3 is 2.82 bits per heavy atom. The van der Waals surface area contributed by atoms with Crippen LogP contribution < -0.4 is 5.32 Å². The van der Waals surface area contributed by atoms with Crippen molar-refractivity contribution in [2.45, 2.75) is 32.2 Å². The summed E-state index contributed by atoms with van der Waals surface area (Å²) in [5, 5.41) is 11.8. The lowest BCUT2D eigenvalue weighted by molar-refractivity contribution is -0.137. The van der Waals surface area contributed by atoms with Crippen molar-refractivity contribution < 1.29 is 9.90 Å². The Morgan fingerprint density at radius 1 is 1.29 bits per heavy atom. The minimum absolute atomic E-state index is 0.289. The second-order valence-electron chi connectivity index (χ2n) is 4.01. The summed E-state index contributed by atoms with van der Waals surface area (Å²) in [4.78, 5) is 10.3. The number of rotatable bonds is 8. The van der Waals surface area contributed by atoms with Crippen molar-refractivity contribution in [1.29, 1.82) is 0 Å². The van der Waals surface area contributed by atoms with Gasteiger partial charge in [0.1, 0.15) is 0 Å². The Kier molecular flexibility index (Phi) is 7.19. The van der Waals surface area contributed by atoms with Crippen LogP contribution in [-0.4, -0.2) is 17.6 Å². The monoisotopic (exact) mass is 347 g/mol. The van der Waals surface area contributed by atoms with Gasteiger partial charge in [0.05, 0.1) is 0 Å². The van der Waals surface area contributed by atoms with E-state index >= 15 is 0 Å². The van der Waals surface area contributed by atoms with Crippen LogP contribution in [0.4, 0.5) is 0 Å². The summed E-state index contributed by atoms with van der Waals surface area (Å²) in [6.45, 7) is 1.83. The molecule has 0 unspecified atom stereocenters. The zero-order chi connectivity index (χ0) is 12.5. The zero-order valence-corrected chi connectivity index (χ0v) is 11.9. The standard InChI is InChI=1S/C13H18INO2/c14-12-6-4-5-11(9-12)10-15-8-3-1-2-7-13(16)17/h4-6,9,15H,1-3,7-8,10H2,(H,16,17). The molecule has 0 heterocycles. The number of hydrogen-bond acceptors (Lipinski definition) is 2. The molecule has 1 rings (SSSR count). The molecule has 0 aliphatic rings. The maximum Gasteiger partial charge on any atom is 0.303 e. The van der Waals surface area contributed by atoms with Crippen molar-refractivity contribution in [2.75, 3.05) is 6.54 Å². The van der Waals surface area contributed by atoms with Crippen LogP contribution in [-0.2, 0) is 11.3 Å². The van der Waals surface area contributed by atoms with Gasteiger partial charge in [-0.1, -0.05) is 18.6 Å². The molecule has 3 nitrogen and oxygen atoms in total. The van der Waals surface area contributed by atoms with E-state index in [1.165, 1.54) is 9.13 Å². The fourth-order valence-corrected chi connectivity index (χ4v) is 2.19. The summed E-state index contributed by atoms with van der Waals surface area (Å²) in [5.41, 5.74) is 1.29. The van der Waals surface area contributed by atoms with Gasteiger partial charge in [-0.15, -0.1) is 0 Å². The van der Waals surface area contributed by atoms with Gasteiger partial charge in [-0.25, -0.2) is 0 Å². The molecule has 0 fully saturated rings. The number of aliphatic carboxylic acids is 1. The van der Waals surface area contributed by atoms with Crippen LogP contribution in [0.3, 0.4) is 0 Å². The predicted octanol–water partition coefficient (Wildman–Crippen LogP) is 3.03. The fraction of sp³-hybridized carbons (Fsp3) is 0.462. The number of benzene rings is 1. The van der Waals surface area contributed by atoms with Gasteiger partial charge in [0, 0.05) is 16.5 Å². The minimum atomic E-state index is -0.697. The molecule has 0 aliphatic heterocycles. The third-order valence-electron chi connectivity index (χ3n) is 2.46. The average Bonchev–Trinajstić information content (AvgIpc) is 2.27. The largest absolute Gasteiger partial charge is 0.481 e. The number of halogens is 1. The van der Waals surface area contributed by atoms with Gasteiger partial charge in [0.2, 0.25) is 0 Å². The summed E-state index contributed by atoms with van der Waals surface area (Å²) in [7, 11) is 0. The lowest BCUT2D eigenvalue weighted by Gasteiger charge is -2.05. The SMILES string of the molecule is O=C(O)CCCCCNCc1cccc(I)c1. The third-order valence-corrected chi connectivity index (χ3v) is 3.13. The molecule has 0 atom stereocenters. The summed E-state index contributed by atoms with van der Waals surface area (Å²) in [6.07, 6.45) is 3.08. The van der Waals surface area contributed by atoms with Crippen LogP contribution in [0.2, 0.25) is 0 Å². The molecule has 4 heteroatoms. The van der Waals surface area contributed by atoms with E-state index in [0.717, 1.165) is 32.4 Å². The minimum Gasteiger partial charge on any atom is -0.481 e. The Hall–Kier alpha value is -0.620. The molecule has 2 N–H and O–H groups in total. The summed E-state index contributed by atoms with van der Waals surface area (Å²) in [5.74, 6) is -0.697. The van der Waals surface area contributed by atoms with E-state index in [9.17, 15) is 4.79 Å². The first kappa shape index (κ1) is 14.4. The molecular formula is C13H18INO2. The molecule has 0 aliphatic carbocycles. The quantitative estimate of drug-likeness (QED) is 0.561. The van der Waals surface area contributed by atoms with E-state index in [2.05, 4.69) is 52.2 Å². The average molecular weight is 347 g/mol. The van der Waals surface area contributed by atoms with Crippen LogP contribution in [0, 0.1) is 3.57 Å². The van der Waals surface area contributed by atoms with E-state index in [0.29, 0.717) is 0 Å². The second kappa shape index (κ2) is 8.47. The number of unbranched alkanes of at least 4 members (excludes halogenated alkanes) is 2. The molecular weight excluding hydrogens is 329 g/mol. The van der Waals surface area contributed by atoms with Crippen molar-refractivity contribution in [3.63, 3.8) is 0 Å². The molecule has 0 bridgehead atoms. The van der Waals surface area contributed by atoms with Gasteiger partial charge in [-0.05, 0) is 59.7 Å². The van der Waals surface area contributed by atoms with Gasteiger partial charge in [-0.3, -0.25) is 4.79 Å². The summed E-state index contributed by atoms with van der Waals surface area (Å²) < 4.78 is 1.25. The van der Waals surface area contributed by atoms with E-state index in [1.807, 2.05) is 0 Å². The third kappa shape index (κ3) is 7.33. The first-order valence-electron chi connectivity index (χ1n) is 5.85. The number of carbonyl (C=O) groups is 1. The first-order chi connectivity index (χ1) is 8.18. The molecule has 1 aromatic rings. The Bertz CT molecular complexity index is 355. The van der Waals surface area contributed by atoms with Gasteiger partial charge in [0.15, 0.2) is 0 Å². The van der Waals surface area contributed by atoms with Crippen LogP contribution in [0.15, 0.2) is 24.3 Å². The van der Waals surface area contributed by atoms with Crippen LogP contribution in [0.25, 0.3) is 0 Å². The van der Waals surface area contributed by atoms with E-state index < -0.39 is 5.97 Å². The topological polar surface area (TPSA) is 49.3 Å². The van der Waals surface area contributed by atoms with Crippen LogP contribution >= 0.6 is 22.6 Å². The van der Waals surface area contributed by atoms with Gasteiger partial charge >= 0.3 is 5.97 Å². The molecule has 0 radical (unpaired) electrons. The Labute approximate surface area is 116 Å². The molecule has 0 saturated carbocycles. The van der Waals surface area contributed by atoms with Gasteiger partial charge < -0.3 is 10.4 Å². The van der Waals surface area contributed by atoms with Gasteiger partial charge in [0.25, 0.3) is 0 Å². The molecule has 94 valence electrons. The number of carboxylic acid groups (broad SMARTS) is 1. The van der Waals surface area contributed by atoms with E-state index in [4.69, 9.17) is 5.11 Å². The van der Waals surface area contributed by atoms with Gasteiger partial charge in [-0.2, -0.15) is 0 Å². The maximum atomic E-state index is 10.3. The molecule has 1 aromatic carbocycles. The lowest BCUT2D eigenvalue weighted by Crippen LogP contribution is -2.14. The van der Waals surface area contributed by atoms with Crippen LogP contribution in [0.5, 0.6) is 0 Å². The summed E-state index contributed by atoms with van der Waals surface area (Å²) >= 11 is 2.31. The van der Waals surface area contributed by atoms with E-state index in [-0.39, 0.29) is 6.42 Å². The smallest absolute Gasteiger partial charge is 0.303 e. The fourth-order valence-electron chi connectivity index (χ4n) is 1.58. The highest BCUT2D eigenvalue weighted by molar-refractivity contribution is 14.1. The molecule has 0 spiro atoms. The van der Waals surface area contributed by atoms with Crippen molar-refractivity contribution >= 4 is 28.6 Å². The lowest BCUT2D eigenvalue weighted by atomic mass is 10.2. The van der Waals surface area contributed by atoms with Crippen molar-refractivity contribution in [3.05, 3.63) is 33.4 Å². The molecule has 0 saturated heterocycles. The second-order valence-corrected chi connectivity index (χ2v) is 5.26. The Balaban J connectivity index is 2.03. The van der Waals surface area contributed by atoms with Crippen LogP contribution in [0.1, 0.15) is 31.2 Å². The predicted molar refractivity (Wildman–Crippen MR) is 77.0 cm³/mol. The molecule has 0 amide bonds. The zero-order valence-electron chi connectivity index (χ0n) is 9.79. The molecule has 0 aromatic heterocycles. The van der Waals surface area contributed by atoms with E-state index in [1.54, 1.807) is 0 Å². The maximum absolute atomic E-state index is 10.3. The highest BCUT2D eigenvalue weighted by Gasteiger charge is 1.97. The van der Waals surface area contributed by atoms with Crippen molar-refractivity contribution in [2.24, 2.45) is 0 Å². The highest BCUT2D eigenvalue weighted by Crippen LogP contribution is 2.07. The highest BCUT2D eigenvalue weighted by atomic mass is 127. The normalized spacial score (nSPS) is 10.4. The van der Waals surface area contributed by atoms with Crippen molar-refractivity contribution in [3.8, 4) is 0 Å². The number of nitrogens with one attached hydrogen (secondary N) is 1. The first-order valence-corrected chi connectivity index (χ1v) is 6.93. The Morgan fingerprint density at radius 2 is 2.12 bits per heavy atom. The number of hydrogen-bond donors (Lipinski definition) is 2. The number of carboxylic acids is 1.